The zero-order valence-electron chi connectivity index (χ0n) is 11.6. The number of nitro groups is 1. The van der Waals surface area contributed by atoms with Gasteiger partial charge in [-0.3, -0.25) is 15.1 Å². The average molecular weight is 271 g/mol. The maximum Gasteiger partial charge on any atom is 0.272 e. The smallest absolute Gasteiger partial charge is 0.272 e. The molecule has 1 aromatic heterocycles. The van der Waals surface area contributed by atoms with Gasteiger partial charge in [0.25, 0.3) is 5.69 Å². The van der Waals surface area contributed by atoms with Crippen molar-refractivity contribution in [1.29, 1.82) is 0 Å². The largest absolute Gasteiger partial charge is 0.307 e. The van der Waals surface area contributed by atoms with E-state index in [4.69, 9.17) is 0 Å². The van der Waals surface area contributed by atoms with E-state index in [0.717, 1.165) is 16.8 Å². The number of hydrogen-bond donors (Lipinski definition) is 1. The van der Waals surface area contributed by atoms with Gasteiger partial charge in [-0.05, 0) is 31.0 Å². The summed E-state index contributed by atoms with van der Waals surface area (Å²) >= 11 is 0. The number of hydrogen-bond acceptors (Lipinski definition) is 4. The van der Waals surface area contributed by atoms with Gasteiger partial charge in [0, 0.05) is 30.9 Å². The van der Waals surface area contributed by atoms with Crippen molar-refractivity contribution in [2.24, 2.45) is 0 Å². The van der Waals surface area contributed by atoms with Crippen molar-refractivity contribution in [3.63, 3.8) is 0 Å². The first-order chi connectivity index (χ1) is 9.59. The van der Waals surface area contributed by atoms with E-state index in [1.165, 1.54) is 6.07 Å². The molecule has 2 rings (SSSR count). The third-order valence-corrected chi connectivity index (χ3v) is 3.34. The molecule has 0 spiro atoms. The van der Waals surface area contributed by atoms with E-state index in [2.05, 4.69) is 10.3 Å². The fourth-order valence-electron chi connectivity index (χ4n) is 2.08. The van der Waals surface area contributed by atoms with Gasteiger partial charge in [0.1, 0.15) is 0 Å². The van der Waals surface area contributed by atoms with Gasteiger partial charge in [0.2, 0.25) is 0 Å². The Bertz CT molecular complexity index is 626. The molecule has 0 fully saturated rings. The zero-order chi connectivity index (χ0) is 14.5. The molecule has 0 aliphatic heterocycles. The summed E-state index contributed by atoms with van der Waals surface area (Å²) in [4.78, 5) is 14.9. The molecule has 0 radical (unpaired) electrons. The molecule has 1 N–H and O–H groups in total. The van der Waals surface area contributed by atoms with Crippen molar-refractivity contribution in [3.8, 4) is 0 Å². The molecule has 0 unspecified atom stereocenters. The number of nitrogens with zero attached hydrogens (tertiary/aromatic N) is 2. The van der Waals surface area contributed by atoms with Crippen molar-refractivity contribution in [2.75, 3.05) is 0 Å². The lowest BCUT2D eigenvalue weighted by molar-refractivity contribution is -0.385. The summed E-state index contributed by atoms with van der Waals surface area (Å²) in [6.07, 6.45) is 1.77. The van der Waals surface area contributed by atoms with Crippen LogP contribution in [-0.2, 0) is 13.1 Å². The van der Waals surface area contributed by atoms with Crippen molar-refractivity contribution in [2.45, 2.75) is 26.9 Å². The minimum absolute atomic E-state index is 0.165. The van der Waals surface area contributed by atoms with Crippen LogP contribution < -0.4 is 5.32 Å². The van der Waals surface area contributed by atoms with Crippen molar-refractivity contribution in [1.82, 2.24) is 10.3 Å². The average Bonchev–Trinajstić information content (AvgIpc) is 2.42. The van der Waals surface area contributed by atoms with E-state index in [-0.39, 0.29) is 10.6 Å². The second kappa shape index (κ2) is 6.25. The van der Waals surface area contributed by atoms with Gasteiger partial charge in [-0.1, -0.05) is 18.2 Å². The highest BCUT2D eigenvalue weighted by atomic mass is 16.6. The number of nitro benzene ring substituents is 1. The Labute approximate surface area is 117 Å². The Morgan fingerprint density at radius 2 is 2.00 bits per heavy atom. The Balaban J connectivity index is 2.03. The van der Waals surface area contributed by atoms with Crippen LogP contribution in [0.1, 0.15) is 22.4 Å². The van der Waals surface area contributed by atoms with E-state index < -0.39 is 0 Å². The molecule has 0 saturated heterocycles. The van der Waals surface area contributed by atoms with Gasteiger partial charge in [-0.15, -0.1) is 0 Å². The summed E-state index contributed by atoms with van der Waals surface area (Å²) in [7, 11) is 0. The predicted octanol–water partition coefficient (Wildman–Crippen LogP) is 2.90. The molecule has 5 nitrogen and oxygen atoms in total. The Hall–Kier alpha value is -2.27. The third-order valence-electron chi connectivity index (χ3n) is 3.34. The van der Waals surface area contributed by atoms with E-state index in [1.54, 1.807) is 19.2 Å². The maximum atomic E-state index is 10.9. The fraction of sp³-hybridized carbons (Fsp3) is 0.267. The first-order valence-corrected chi connectivity index (χ1v) is 6.43. The van der Waals surface area contributed by atoms with Crippen molar-refractivity contribution in [3.05, 3.63) is 69.0 Å². The second-order valence-corrected chi connectivity index (χ2v) is 4.69. The summed E-state index contributed by atoms with van der Waals surface area (Å²) in [5.74, 6) is 0. The van der Waals surface area contributed by atoms with Crippen LogP contribution in [0.15, 0.2) is 36.5 Å². The van der Waals surface area contributed by atoms with Gasteiger partial charge in [-0.2, -0.15) is 0 Å². The fourth-order valence-corrected chi connectivity index (χ4v) is 2.08. The Kier molecular flexibility index (Phi) is 4.42. The van der Waals surface area contributed by atoms with Crippen LogP contribution in [0.2, 0.25) is 0 Å². The molecule has 0 aliphatic rings. The van der Waals surface area contributed by atoms with Gasteiger partial charge in [-0.25, -0.2) is 0 Å². The minimum atomic E-state index is -0.346. The second-order valence-electron chi connectivity index (χ2n) is 4.69. The molecule has 104 valence electrons. The summed E-state index contributed by atoms with van der Waals surface area (Å²) in [6.45, 7) is 5.03. The van der Waals surface area contributed by atoms with Crippen LogP contribution in [0.3, 0.4) is 0 Å². The molecule has 0 amide bonds. The lowest BCUT2D eigenvalue weighted by atomic mass is 10.1. The van der Waals surface area contributed by atoms with Crippen molar-refractivity contribution < 1.29 is 4.92 Å². The standard InChI is InChI=1S/C15H17N3O2/c1-11-5-4-8-17-14(11)10-16-9-13-6-3-7-15(12(13)2)18(19)20/h3-8,16H,9-10H2,1-2H3. The molecular weight excluding hydrogens is 254 g/mol. The van der Waals surface area contributed by atoms with Gasteiger partial charge < -0.3 is 5.32 Å². The van der Waals surface area contributed by atoms with E-state index in [1.807, 2.05) is 25.1 Å². The van der Waals surface area contributed by atoms with Gasteiger partial charge >= 0.3 is 0 Å². The quantitative estimate of drug-likeness (QED) is 0.670. The lowest BCUT2D eigenvalue weighted by Crippen LogP contribution is -2.15. The van der Waals surface area contributed by atoms with Crippen LogP contribution >= 0.6 is 0 Å². The summed E-state index contributed by atoms with van der Waals surface area (Å²) < 4.78 is 0. The molecule has 0 atom stereocenters. The predicted molar refractivity (Wildman–Crippen MR) is 77.4 cm³/mol. The maximum absolute atomic E-state index is 10.9. The molecule has 0 aliphatic carbocycles. The molecular formula is C15H17N3O2. The van der Waals surface area contributed by atoms with Gasteiger partial charge in [0.15, 0.2) is 0 Å². The number of rotatable bonds is 5. The summed E-state index contributed by atoms with van der Waals surface area (Å²) in [5.41, 5.74) is 3.94. The zero-order valence-corrected chi connectivity index (χ0v) is 11.6. The normalized spacial score (nSPS) is 10.5. The molecule has 1 aromatic carbocycles. The molecule has 2 aromatic rings. The van der Waals surface area contributed by atoms with Gasteiger partial charge in [0.05, 0.1) is 10.6 Å². The molecule has 0 saturated carbocycles. The molecule has 1 heterocycles. The number of aryl methyl sites for hydroxylation is 1. The summed E-state index contributed by atoms with van der Waals surface area (Å²) in [5, 5.41) is 14.2. The topological polar surface area (TPSA) is 68.1 Å². The molecule has 5 heteroatoms. The van der Waals surface area contributed by atoms with Crippen molar-refractivity contribution >= 4 is 5.69 Å². The molecule has 20 heavy (non-hydrogen) atoms. The minimum Gasteiger partial charge on any atom is -0.307 e. The molecule has 0 bridgehead atoms. The number of aromatic nitrogens is 1. The number of benzene rings is 1. The van der Waals surface area contributed by atoms with E-state index >= 15 is 0 Å². The first-order valence-electron chi connectivity index (χ1n) is 6.43. The SMILES string of the molecule is Cc1cccnc1CNCc1cccc([N+](=O)[O-])c1C. The number of pyridine rings is 1. The monoisotopic (exact) mass is 271 g/mol. The Morgan fingerprint density at radius 1 is 1.20 bits per heavy atom. The highest BCUT2D eigenvalue weighted by molar-refractivity contribution is 5.44. The highest BCUT2D eigenvalue weighted by Gasteiger charge is 2.12. The van der Waals surface area contributed by atoms with Crippen LogP contribution in [0, 0.1) is 24.0 Å². The van der Waals surface area contributed by atoms with E-state index in [0.29, 0.717) is 18.7 Å². The van der Waals surface area contributed by atoms with Crippen LogP contribution in [-0.4, -0.2) is 9.91 Å². The Morgan fingerprint density at radius 3 is 2.70 bits per heavy atom. The lowest BCUT2D eigenvalue weighted by Gasteiger charge is -2.09. The van der Waals surface area contributed by atoms with Crippen LogP contribution in [0.25, 0.3) is 0 Å². The van der Waals surface area contributed by atoms with Crippen LogP contribution in [0.5, 0.6) is 0 Å². The van der Waals surface area contributed by atoms with Crippen LogP contribution in [0.4, 0.5) is 5.69 Å². The highest BCUT2D eigenvalue weighted by Crippen LogP contribution is 2.20. The summed E-state index contributed by atoms with van der Waals surface area (Å²) in [6, 6.07) is 9.07. The first kappa shape index (κ1) is 14.1. The van der Waals surface area contributed by atoms with E-state index in [9.17, 15) is 10.1 Å². The third kappa shape index (κ3) is 3.19. The number of nitrogens with one attached hydrogen (secondary N) is 1.